The lowest BCUT2D eigenvalue weighted by atomic mass is 10.0. The van der Waals surface area contributed by atoms with Gasteiger partial charge in [-0.3, -0.25) is 9.59 Å². The van der Waals surface area contributed by atoms with Gasteiger partial charge in [-0.25, -0.2) is 4.79 Å². The van der Waals surface area contributed by atoms with Crippen LogP contribution in [0.2, 0.25) is 0 Å². The molecule has 6 heteroatoms. The van der Waals surface area contributed by atoms with Gasteiger partial charge in [0, 0.05) is 18.3 Å². The zero-order chi connectivity index (χ0) is 16.8. The Labute approximate surface area is 135 Å². The second-order valence-corrected chi connectivity index (χ2v) is 5.60. The van der Waals surface area contributed by atoms with E-state index in [1.54, 1.807) is 36.1 Å². The summed E-state index contributed by atoms with van der Waals surface area (Å²) in [6.45, 7) is 4.62. The van der Waals surface area contributed by atoms with Gasteiger partial charge >= 0.3 is 17.8 Å². The molecule has 0 saturated carbocycles. The van der Waals surface area contributed by atoms with Gasteiger partial charge in [0.05, 0.1) is 12.2 Å². The highest BCUT2D eigenvalue weighted by Gasteiger charge is 2.28. The van der Waals surface area contributed by atoms with Crippen LogP contribution in [-0.2, 0) is 14.3 Å². The normalized spacial score (nSPS) is 17.5. The van der Waals surface area contributed by atoms with Crippen molar-refractivity contribution >= 4 is 23.5 Å². The molecular formula is C17H22N2O4. The number of nitrogens with zero attached hydrogens (tertiary/aromatic N) is 1. The van der Waals surface area contributed by atoms with E-state index in [0.29, 0.717) is 24.4 Å². The van der Waals surface area contributed by atoms with E-state index in [0.717, 1.165) is 19.3 Å². The van der Waals surface area contributed by atoms with Crippen LogP contribution in [0.25, 0.3) is 0 Å². The summed E-state index contributed by atoms with van der Waals surface area (Å²) in [6, 6.07) is 6.37. The molecule has 0 aromatic heterocycles. The summed E-state index contributed by atoms with van der Waals surface area (Å²) in [7, 11) is 0. The number of carbonyl (C=O) groups is 3. The van der Waals surface area contributed by atoms with Crippen molar-refractivity contribution in [2.75, 3.05) is 18.5 Å². The standard InChI is InChI=1S/C17H22N2O4/c1-3-23-17(22)13-7-9-14(10-8-13)18-15(20)16(21)19-11-5-4-6-12(19)2/h7-10,12H,3-6,11H2,1-2H3,(H,18,20). The minimum Gasteiger partial charge on any atom is -0.462 e. The number of hydrogen-bond acceptors (Lipinski definition) is 4. The molecule has 0 spiro atoms. The molecule has 1 fully saturated rings. The van der Waals surface area contributed by atoms with Crippen LogP contribution in [0.3, 0.4) is 0 Å². The number of anilines is 1. The Bertz CT molecular complexity index is 583. The number of carbonyl (C=O) groups excluding carboxylic acids is 3. The molecule has 1 aromatic carbocycles. The van der Waals surface area contributed by atoms with Crippen molar-refractivity contribution in [2.45, 2.75) is 39.2 Å². The molecule has 124 valence electrons. The predicted molar refractivity (Wildman–Crippen MR) is 86.1 cm³/mol. The van der Waals surface area contributed by atoms with Crippen molar-refractivity contribution in [2.24, 2.45) is 0 Å². The lowest BCUT2D eigenvalue weighted by Crippen LogP contribution is -2.47. The monoisotopic (exact) mass is 318 g/mol. The summed E-state index contributed by atoms with van der Waals surface area (Å²) in [5.41, 5.74) is 0.877. The maximum absolute atomic E-state index is 12.2. The highest BCUT2D eigenvalue weighted by molar-refractivity contribution is 6.39. The number of rotatable bonds is 3. The topological polar surface area (TPSA) is 75.7 Å². The van der Waals surface area contributed by atoms with E-state index in [4.69, 9.17) is 4.74 Å². The van der Waals surface area contributed by atoms with Crippen molar-refractivity contribution in [3.63, 3.8) is 0 Å². The number of piperidine rings is 1. The smallest absolute Gasteiger partial charge is 0.338 e. The molecule has 6 nitrogen and oxygen atoms in total. The molecule has 1 saturated heterocycles. The summed E-state index contributed by atoms with van der Waals surface area (Å²) in [5, 5.41) is 2.58. The van der Waals surface area contributed by atoms with Gasteiger partial charge in [0.1, 0.15) is 0 Å². The molecule has 1 atom stereocenters. The highest BCUT2D eigenvalue weighted by Crippen LogP contribution is 2.17. The van der Waals surface area contributed by atoms with Crippen molar-refractivity contribution < 1.29 is 19.1 Å². The second-order valence-electron chi connectivity index (χ2n) is 5.60. The predicted octanol–water partition coefficient (Wildman–Crippen LogP) is 2.20. The zero-order valence-electron chi connectivity index (χ0n) is 13.5. The SMILES string of the molecule is CCOC(=O)c1ccc(NC(=O)C(=O)N2CCCCC2C)cc1. The largest absolute Gasteiger partial charge is 0.462 e. The fourth-order valence-corrected chi connectivity index (χ4v) is 2.62. The number of hydrogen-bond donors (Lipinski definition) is 1. The van der Waals surface area contributed by atoms with E-state index in [-0.39, 0.29) is 6.04 Å². The van der Waals surface area contributed by atoms with Gasteiger partial charge in [-0.2, -0.15) is 0 Å². The molecule has 1 N–H and O–H groups in total. The molecular weight excluding hydrogens is 296 g/mol. The second kappa shape index (κ2) is 7.76. The third-order valence-corrected chi connectivity index (χ3v) is 3.91. The average molecular weight is 318 g/mol. The lowest BCUT2D eigenvalue weighted by Gasteiger charge is -2.32. The van der Waals surface area contributed by atoms with Crippen LogP contribution in [0, 0.1) is 0 Å². The summed E-state index contributed by atoms with van der Waals surface area (Å²) >= 11 is 0. The van der Waals surface area contributed by atoms with Crippen LogP contribution in [0.15, 0.2) is 24.3 Å². The van der Waals surface area contributed by atoms with Crippen LogP contribution in [-0.4, -0.2) is 41.9 Å². The van der Waals surface area contributed by atoms with Crippen molar-refractivity contribution in [3.8, 4) is 0 Å². The van der Waals surface area contributed by atoms with Gasteiger partial charge in [-0.05, 0) is 57.4 Å². The third kappa shape index (κ3) is 4.31. The number of nitrogens with one attached hydrogen (secondary N) is 1. The van der Waals surface area contributed by atoms with Gasteiger partial charge in [0.2, 0.25) is 0 Å². The van der Waals surface area contributed by atoms with Crippen LogP contribution >= 0.6 is 0 Å². The van der Waals surface area contributed by atoms with Gasteiger partial charge in [-0.15, -0.1) is 0 Å². The van der Waals surface area contributed by atoms with E-state index in [1.165, 1.54) is 0 Å². The van der Waals surface area contributed by atoms with E-state index in [9.17, 15) is 14.4 Å². The average Bonchev–Trinajstić information content (AvgIpc) is 2.55. The van der Waals surface area contributed by atoms with Gasteiger partial charge in [0.25, 0.3) is 0 Å². The van der Waals surface area contributed by atoms with Crippen molar-refractivity contribution in [1.29, 1.82) is 0 Å². The first-order valence-electron chi connectivity index (χ1n) is 7.92. The lowest BCUT2D eigenvalue weighted by molar-refractivity contribution is -0.145. The minimum atomic E-state index is -0.650. The first-order valence-corrected chi connectivity index (χ1v) is 7.92. The van der Waals surface area contributed by atoms with Crippen molar-refractivity contribution in [3.05, 3.63) is 29.8 Å². The van der Waals surface area contributed by atoms with Crippen LogP contribution in [0.1, 0.15) is 43.5 Å². The quantitative estimate of drug-likeness (QED) is 0.685. The summed E-state index contributed by atoms with van der Waals surface area (Å²) in [4.78, 5) is 37.5. The Hall–Kier alpha value is -2.37. The Balaban J connectivity index is 1.97. The van der Waals surface area contributed by atoms with Gasteiger partial charge in [-0.1, -0.05) is 0 Å². The maximum atomic E-state index is 12.2. The van der Waals surface area contributed by atoms with E-state index in [1.807, 2.05) is 6.92 Å². The Morgan fingerprint density at radius 1 is 1.22 bits per heavy atom. The molecule has 0 radical (unpaired) electrons. The van der Waals surface area contributed by atoms with E-state index < -0.39 is 17.8 Å². The molecule has 1 heterocycles. The Kier molecular flexibility index (Phi) is 5.73. The maximum Gasteiger partial charge on any atom is 0.338 e. The molecule has 23 heavy (non-hydrogen) atoms. The van der Waals surface area contributed by atoms with E-state index in [2.05, 4.69) is 5.32 Å². The zero-order valence-corrected chi connectivity index (χ0v) is 13.5. The van der Waals surface area contributed by atoms with E-state index >= 15 is 0 Å². The summed E-state index contributed by atoms with van der Waals surface area (Å²) in [5.74, 6) is -1.57. The first-order chi connectivity index (χ1) is 11.0. The molecule has 1 aliphatic rings. The third-order valence-electron chi connectivity index (χ3n) is 3.91. The molecule has 1 aromatic rings. The molecule has 1 unspecified atom stereocenters. The van der Waals surface area contributed by atoms with Crippen LogP contribution < -0.4 is 5.32 Å². The van der Waals surface area contributed by atoms with Gasteiger partial charge < -0.3 is 15.0 Å². The molecule has 0 aliphatic carbocycles. The number of benzene rings is 1. The molecule has 2 rings (SSSR count). The number of likely N-dealkylation sites (tertiary alicyclic amines) is 1. The summed E-state index contributed by atoms with van der Waals surface area (Å²) in [6.07, 6.45) is 2.94. The minimum absolute atomic E-state index is 0.0909. The Morgan fingerprint density at radius 2 is 1.91 bits per heavy atom. The fraction of sp³-hybridized carbons (Fsp3) is 0.471. The molecule has 2 amide bonds. The number of amides is 2. The molecule has 0 bridgehead atoms. The van der Waals surface area contributed by atoms with Gasteiger partial charge in [0.15, 0.2) is 0 Å². The number of ether oxygens (including phenoxy) is 1. The Morgan fingerprint density at radius 3 is 2.52 bits per heavy atom. The highest BCUT2D eigenvalue weighted by atomic mass is 16.5. The fourth-order valence-electron chi connectivity index (χ4n) is 2.62. The first kappa shape index (κ1) is 17.0. The van der Waals surface area contributed by atoms with Crippen LogP contribution in [0.4, 0.5) is 5.69 Å². The van der Waals surface area contributed by atoms with Crippen LogP contribution in [0.5, 0.6) is 0 Å². The molecule has 1 aliphatic heterocycles. The summed E-state index contributed by atoms with van der Waals surface area (Å²) < 4.78 is 4.89. The van der Waals surface area contributed by atoms with Crippen molar-refractivity contribution in [1.82, 2.24) is 4.90 Å². The number of esters is 1.